The van der Waals surface area contributed by atoms with E-state index in [2.05, 4.69) is 37.9 Å². The second kappa shape index (κ2) is 6.21. The van der Waals surface area contributed by atoms with E-state index >= 15 is 0 Å². The molecule has 0 aliphatic heterocycles. The summed E-state index contributed by atoms with van der Waals surface area (Å²) >= 11 is 6.88. The third kappa shape index (κ3) is 4.75. The number of aliphatic hydroxyl groups is 1. The molecule has 100 valence electrons. The molecule has 19 heavy (non-hydrogen) atoms. The van der Waals surface area contributed by atoms with Gasteiger partial charge in [0.2, 0.25) is 0 Å². The van der Waals surface area contributed by atoms with E-state index in [1.54, 1.807) is 0 Å². The highest BCUT2D eigenvalue weighted by atomic mass is 79.9. The van der Waals surface area contributed by atoms with Gasteiger partial charge in [-0.25, -0.2) is 0 Å². The number of benzene rings is 2. The average molecular weight is 384 g/mol. The third-order valence-corrected chi connectivity index (χ3v) is 3.99. The summed E-state index contributed by atoms with van der Waals surface area (Å²) in [6, 6.07) is 16.2. The normalized spacial score (nSPS) is 14.1. The van der Waals surface area contributed by atoms with Crippen molar-refractivity contribution in [2.24, 2.45) is 0 Å². The fraction of sp³-hybridized carbons (Fsp3) is 0.250. The number of hydrogen-bond acceptors (Lipinski definition) is 1. The van der Waals surface area contributed by atoms with Crippen LogP contribution in [0.5, 0.6) is 0 Å². The maximum atomic E-state index is 10.6. The zero-order valence-corrected chi connectivity index (χ0v) is 13.9. The van der Waals surface area contributed by atoms with E-state index in [0.717, 1.165) is 20.1 Å². The van der Waals surface area contributed by atoms with Crippen molar-refractivity contribution in [3.63, 3.8) is 0 Å². The van der Waals surface area contributed by atoms with E-state index in [1.807, 2.05) is 49.4 Å². The van der Waals surface area contributed by atoms with E-state index in [1.165, 1.54) is 0 Å². The van der Waals surface area contributed by atoms with Crippen LogP contribution in [0.4, 0.5) is 0 Å². The van der Waals surface area contributed by atoms with E-state index < -0.39 is 5.60 Å². The van der Waals surface area contributed by atoms with Crippen molar-refractivity contribution in [2.75, 3.05) is 0 Å². The van der Waals surface area contributed by atoms with E-state index in [9.17, 15) is 5.11 Å². The summed E-state index contributed by atoms with van der Waals surface area (Å²) in [4.78, 5) is 0. The van der Waals surface area contributed by atoms with Crippen molar-refractivity contribution in [1.29, 1.82) is 0 Å². The zero-order valence-electron chi connectivity index (χ0n) is 10.7. The highest BCUT2D eigenvalue weighted by Gasteiger charge is 2.21. The van der Waals surface area contributed by atoms with E-state index in [4.69, 9.17) is 0 Å². The fourth-order valence-electron chi connectivity index (χ4n) is 2.19. The van der Waals surface area contributed by atoms with Crippen LogP contribution < -0.4 is 0 Å². The Hall–Kier alpha value is -0.640. The average Bonchev–Trinajstić information content (AvgIpc) is 2.31. The molecule has 0 radical (unpaired) electrons. The number of halogens is 2. The van der Waals surface area contributed by atoms with Crippen LogP contribution in [0.1, 0.15) is 18.1 Å². The Morgan fingerprint density at radius 1 is 0.895 bits per heavy atom. The molecule has 2 aromatic carbocycles. The van der Waals surface area contributed by atoms with Gasteiger partial charge >= 0.3 is 0 Å². The molecule has 0 aromatic heterocycles. The van der Waals surface area contributed by atoms with Gasteiger partial charge in [-0.1, -0.05) is 56.1 Å². The Morgan fingerprint density at radius 3 is 2.16 bits per heavy atom. The predicted molar refractivity (Wildman–Crippen MR) is 86.3 cm³/mol. The molecular weight excluding hydrogens is 368 g/mol. The van der Waals surface area contributed by atoms with Crippen molar-refractivity contribution in [1.82, 2.24) is 0 Å². The SMILES string of the molecule is CC(O)(Cc1ccc(Br)cc1)Cc1cccc(Br)c1. The molecule has 3 heteroatoms. The molecule has 0 amide bonds. The highest BCUT2D eigenvalue weighted by molar-refractivity contribution is 9.10. The molecule has 1 atom stereocenters. The summed E-state index contributed by atoms with van der Waals surface area (Å²) in [6.07, 6.45) is 1.29. The highest BCUT2D eigenvalue weighted by Crippen LogP contribution is 2.22. The van der Waals surface area contributed by atoms with Crippen molar-refractivity contribution >= 4 is 31.9 Å². The summed E-state index contributed by atoms with van der Waals surface area (Å²) < 4.78 is 2.10. The Balaban J connectivity index is 2.07. The first-order valence-corrected chi connectivity index (χ1v) is 7.74. The minimum atomic E-state index is -0.741. The molecule has 0 bridgehead atoms. The molecule has 0 aliphatic carbocycles. The monoisotopic (exact) mass is 382 g/mol. The first-order valence-electron chi connectivity index (χ1n) is 6.16. The van der Waals surface area contributed by atoms with Crippen LogP contribution in [-0.2, 0) is 12.8 Å². The lowest BCUT2D eigenvalue weighted by Gasteiger charge is -2.23. The van der Waals surface area contributed by atoms with Crippen LogP contribution in [-0.4, -0.2) is 10.7 Å². The minimum Gasteiger partial charge on any atom is -0.389 e. The largest absolute Gasteiger partial charge is 0.389 e. The lowest BCUT2D eigenvalue weighted by molar-refractivity contribution is 0.0608. The third-order valence-electron chi connectivity index (χ3n) is 2.97. The molecule has 0 aliphatic rings. The van der Waals surface area contributed by atoms with Gasteiger partial charge in [-0.2, -0.15) is 0 Å². The summed E-state index contributed by atoms with van der Waals surface area (Å²) in [5.74, 6) is 0. The van der Waals surface area contributed by atoms with E-state index in [-0.39, 0.29) is 0 Å². The Labute approximate surface area is 130 Å². The lowest BCUT2D eigenvalue weighted by Crippen LogP contribution is -2.30. The fourth-order valence-corrected chi connectivity index (χ4v) is 2.90. The number of hydrogen-bond donors (Lipinski definition) is 1. The first-order chi connectivity index (χ1) is 8.94. The molecule has 1 N–H and O–H groups in total. The molecule has 0 fully saturated rings. The van der Waals surface area contributed by atoms with Crippen molar-refractivity contribution in [3.05, 3.63) is 68.6 Å². The van der Waals surface area contributed by atoms with Gasteiger partial charge < -0.3 is 5.11 Å². The standard InChI is InChI=1S/C16H16Br2O/c1-16(19,10-12-5-7-14(17)8-6-12)11-13-3-2-4-15(18)9-13/h2-9,19H,10-11H2,1H3. The van der Waals surface area contributed by atoms with Crippen LogP contribution in [0, 0.1) is 0 Å². The molecular formula is C16H16Br2O. The zero-order chi connectivity index (χ0) is 13.9. The van der Waals surface area contributed by atoms with Gasteiger partial charge in [0.15, 0.2) is 0 Å². The molecule has 1 nitrogen and oxygen atoms in total. The van der Waals surface area contributed by atoms with Crippen LogP contribution in [0.15, 0.2) is 57.5 Å². The van der Waals surface area contributed by atoms with Crippen molar-refractivity contribution < 1.29 is 5.11 Å². The Morgan fingerprint density at radius 2 is 1.53 bits per heavy atom. The molecule has 2 rings (SSSR count). The van der Waals surface area contributed by atoms with Gasteiger partial charge in [-0.3, -0.25) is 0 Å². The molecule has 0 saturated heterocycles. The molecule has 1 unspecified atom stereocenters. The van der Waals surface area contributed by atoms with Crippen LogP contribution >= 0.6 is 31.9 Å². The first kappa shape index (κ1) is 14.8. The van der Waals surface area contributed by atoms with Crippen LogP contribution in [0.2, 0.25) is 0 Å². The summed E-state index contributed by atoms with van der Waals surface area (Å²) in [5.41, 5.74) is 1.54. The topological polar surface area (TPSA) is 20.2 Å². The second-order valence-electron chi connectivity index (χ2n) is 5.11. The van der Waals surface area contributed by atoms with Gasteiger partial charge in [-0.05, 0) is 42.3 Å². The number of rotatable bonds is 4. The lowest BCUT2D eigenvalue weighted by atomic mass is 9.90. The summed E-state index contributed by atoms with van der Waals surface area (Å²) in [5, 5.41) is 10.6. The van der Waals surface area contributed by atoms with Gasteiger partial charge in [0, 0.05) is 21.8 Å². The van der Waals surface area contributed by atoms with Crippen LogP contribution in [0.25, 0.3) is 0 Å². The maximum absolute atomic E-state index is 10.6. The Bertz CT molecular complexity index is 547. The molecule has 0 saturated carbocycles. The second-order valence-corrected chi connectivity index (χ2v) is 6.94. The molecule has 2 aromatic rings. The quantitative estimate of drug-likeness (QED) is 0.807. The van der Waals surface area contributed by atoms with Gasteiger partial charge in [0.1, 0.15) is 0 Å². The van der Waals surface area contributed by atoms with Gasteiger partial charge in [0.05, 0.1) is 5.60 Å². The molecule has 0 heterocycles. The van der Waals surface area contributed by atoms with Crippen LogP contribution in [0.3, 0.4) is 0 Å². The molecule has 0 spiro atoms. The Kier molecular flexibility index (Phi) is 4.82. The predicted octanol–water partition coefficient (Wildman–Crippen LogP) is 4.75. The minimum absolute atomic E-state index is 0.641. The van der Waals surface area contributed by atoms with Gasteiger partial charge in [-0.15, -0.1) is 0 Å². The van der Waals surface area contributed by atoms with Gasteiger partial charge in [0.25, 0.3) is 0 Å². The van der Waals surface area contributed by atoms with E-state index in [0.29, 0.717) is 12.8 Å². The maximum Gasteiger partial charge on any atom is 0.0700 e. The summed E-state index contributed by atoms with van der Waals surface area (Å²) in [6.45, 7) is 1.88. The van der Waals surface area contributed by atoms with Crippen molar-refractivity contribution in [3.8, 4) is 0 Å². The van der Waals surface area contributed by atoms with Crippen molar-refractivity contribution in [2.45, 2.75) is 25.4 Å². The smallest absolute Gasteiger partial charge is 0.0700 e. The summed E-state index contributed by atoms with van der Waals surface area (Å²) in [7, 11) is 0.